The lowest BCUT2D eigenvalue weighted by Gasteiger charge is -2.41. The molecule has 0 heterocycles. The van der Waals surface area contributed by atoms with Gasteiger partial charge >= 0.3 is 0 Å². The molecular formula is C12H14BrF2NO. The summed E-state index contributed by atoms with van der Waals surface area (Å²) in [5, 5.41) is 0. The van der Waals surface area contributed by atoms with E-state index in [9.17, 15) is 8.78 Å². The Balaban J connectivity index is 2.58. The van der Waals surface area contributed by atoms with Crippen LogP contribution in [0.5, 0.6) is 5.75 Å². The van der Waals surface area contributed by atoms with Crippen molar-refractivity contribution in [1.29, 1.82) is 0 Å². The molecule has 1 aliphatic rings. The van der Waals surface area contributed by atoms with E-state index in [1.165, 1.54) is 13.2 Å². The maximum atomic E-state index is 14.2. The van der Waals surface area contributed by atoms with Gasteiger partial charge in [-0.1, -0.05) is 6.42 Å². The Kier molecular flexibility index (Phi) is 3.41. The highest BCUT2D eigenvalue weighted by Gasteiger charge is 2.42. The van der Waals surface area contributed by atoms with Crippen molar-refractivity contribution in [1.82, 2.24) is 0 Å². The summed E-state index contributed by atoms with van der Waals surface area (Å²) >= 11 is 3.09. The van der Waals surface area contributed by atoms with Crippen molar-refractivity contribution >= 4 is 15.9 Å². The predicted molar refractivity (Wildman–Crippen MR) is 65.2 cm³/mol. The number of methoxy groups -OCH3 is 1. The summed E-state index contributed by atoms with van der Waals surface area (Å²) in [6.07, 6.45) is 2.42. The van der Waals surface area contributed by atoms with Crippen LogP contribution < -0.4 is 10.5 Å². The van der Waals surface area contributed by atoms with Gasteiger partial charge in [-0.2, -0.15) is 0 Å². The second-order valence-electron chi connectivity index (χ2n) is 4.40. The fourth-order valence-electron chi connectivity index (χ4n) is 2.37. The van der Waals surface area contributed by atoms with E-state index in [-0.39, 0.29) is 22.3 Å². The van der Waals surface area contributed by atoms with E-state index in [4.69, 9.17) is 10.5 Å². The van der Waals surface area contributed by atoms with Gasteiger partial charge in [0, 0.05) is 23.6 Å². The van der Waals surface area contributed by atoms with E-state index in [1.54, 1.807) is 0 Å². The van der Waals surface area contributed by atoms with Gasteiger partial charge in [0.15, 0.2) is 0 Å². The van der Waals surface area contributed by atoms with E-state index in [1.807, 2.05) is 0 Å². The highest BCUT2D eigenvalue weighted by atomic mass is 79.9. The summed E-state index contributed by atoms with van der Waals surface area (Å²) in [6.45, 7) is 0.264. The lowest BCUT2D eigenvalue weighted by atomic mass is 9.64. The van der Waals surface area contributed by atoms with Gasteiger partial charge in [-0.05, 0) is 28.8 Å². The van der Waals surface area contributed by atoms with E-state index < -0.39 is 17.0 Å². The molecule has 2 N–H and O–H groups in total. The van der Waals surface area contributed by atoms with Gasteiger partial charge < -0.3 is 10.5 Å². The summed E-state index contributed by atoms with van der Waals surface area (Å²) in [5.74, 6) is -1.00. The second kappa shape index (κ2) is 4.53. The molecule has 1 aromatic rings. The van der Waals surface area contributed by atoms with Gasteiger partial charge in [-0.3, -0.25) is 0 Å². The van der Waals surface area contributed by atoms with Gasteiger partial charge in [0.1, 0.15) is 17.4 Å². The largest absolute Gasteiger partial charge is 0.495 e. The molecule has 94 valence electrons. The van der Waals surface area contributed by atoms with Gasteiger partial charge in [-0.25, -0.2) is 8.78 Å². The molecule has 0 unspecified atom stereocenters. The maximum absolute atomic E-state index is 14.2. The Morgan fingerprint density at radius 1 is 1.47 bits per heavy atom. The van der Waals surface area contributed by atoms with Crippen molar-refractivity contribution in [3.63, 3.8) is 0 Å². The fourth-order valence-corrected chi connectivity index (χ4v) is 2.84. The quantitative estimate of drug-likeness (QED) is 0.871. The molecule has 2 rings (SSSR count). The van der Waals surface area contributed by atoms with Crippen LogP contribution in [0.4, 0.5) is 8.78 Å². The first-order valence-corrected chi connectivity index (χ1v) is 6.27. The molecule has 1 aliphatic carbocycles. The van der Waals surface area contributed by atoms with Crippen LogP contribution in [0.25, 0.3) is 0 Å². The number of halogens is 3. The second-order valence-corrected chi connectivity index (χ2v) is 5.19. The zero-order valence-corrected chi connectivity index (χ0v) is 11.1. The SMILES string of the molecule is COc1cc(F)c(C2(CN)CCC2)c(F)c1Br. The van der Waals surface area contributed by atoms with E-state index in [2.05, 4.69) is 15.9 Å². The summed E-state index contributed by atoms with van der Waals surface area (Å²) in [4.78, 5) is 0. The van der Waals surface area contributed by atoms with Crippen LogP contribution in [0.1, 0.15) is 24.8 Å². The third-order valence-electron chi connectivity index (χ3n) is 3.58. The van der Waals surface area contributed by atoms with Crippen LogP contribution in [0.15, 0.2) is 10.5 Å². The minimum atomic E-state index is -0.591. The lowest BCUT2D eigenvalue weighted by Crippen LogP contribution is -2.43. The summed E-state index contributed by atoms with van der Waals surface area (Å²) in [7, 11) is 1.38. The number of rotatable bonds is 3. The van der Waals surface area contributed by atoms with E-state index >= 15 is 0 Å². The van der Waals surface area contributed by atoms with Gasteiger partial charge in [0.25, 0.3) is 0 Å². The predicted octanol–water partition coefficient (Wildman–Crippen LogP) is 3.12. The molecule has 0 bridgehead atoms. The fraction of sp³-hybridized carbons (Fsp3) is 0.500. The summed E-state index contributed by atoms with van der Waals surface area (Å²) < 4.78 is 33.2. The molecule has 1 aromatic carbocycles. The molecule has 0 aromatic heterocycles. The number of benzene rings is 1. The third-order valence-corrected chi connectivity index (χ3v) is 4.32. The summed E-state index contributed by atoms with van der Waals surface area (Å²) in [5.41, 5.74) is 5.24. The van der Waals surface area contributed by atoms with Gasteiger partial charge in [0.2, 0.25) is 0 Å². The average Bonchev–Trinajstić information content (AvgIpc) is 2.27. The third kappa shape index (κ3) is 1.85. The zero-order chi connectivity index (χ0) is 12.6. The first-order valence-electron chi connectivity index (χ1n) is 5.48. The van der Waals surface area contributed by atoms with Crippen molar-refractivity contribution in [3.8, 4) is 5.75 Å². The maximum Gasteiger partial charge on any atom is 0.147 e. The van der Waals surface area contributed by atoms with Crippen molar-refractivity contribution < 1.29 is 13.5 Å². The van der Waals surface area contributed by atoms with Crippen molar-refractivity contribution in [3.05, 3.63) is 27.7 Å². The van der Waals surface area contributed by atoms with E-state index in [0.717, 1.165) is 19.3 Å². The Hall–Kier alpha value is -0.680. The van der Waals surface area contributed by atoms with Crippen LogP contribution in [0, 0.1) is 11.6 Å². The Bertz CT molecular complexity index is 441. The molecule has 0 saturated heterocycles. The summed E-state index contributed by atoms with van der Waals surface area (Å²) in [6, 6.07) is 1.21. The standard InChI is InChI=1S/C12H14BrF2NO/c1-17-8-5-7(14)9(11(15)10(8)13)12(6-16)3-2-4-12/h5H,2-4,6,16H2,1H3. The van der Waals surface area contributed by atoms with E-state index in [0.29, 0.717) is 0 Å². The smallest absolute Gasteiger partial charge is 0.147 e. The Morgan fingerprint density at radius 3 is 2.53 bits per heavy atom. The molecule has 17 heavy (non-hydrogen) atoms. The van der Waals surface area contributed by atoms with Crippen LogP contribution in [0.2, 0.25) is 0 Å². The minimum absolute atomic E-state index is 0.0962. The molecular weight excluding hydrogens is 292 g/mol. The highest BCUT2D eigenvalue weighted by Crippen LogP contribution is 2.47. The number of hydrogen-bond donors (Lipinski definition) is 1. The first kappa shape index (κ1) is 12.8. The monoisotopic (exact) mass is 305 g/mol. The Labute approximate surface area is 107 Å². The Morgan fingerprint density at radius 2 is 2.12 bits per heavy atom. The number of nitrogens with two attached hydrogens (primary N) is 1. The topological polar surface area (TPSA) is 35.2 Å². The van der Waals surface area contributed by atoms with Crippen molar-refractivity contribution in [2.45, 2.75) is 24.7 Å². The van der Waals surface area contributed by atoms with Crippen LogP contribution in [-0.4, -0.2) is 13.7 Å². The normalized spacial score (nSPS) is 17.7. The van der Waals surface area contributed by atoms with Crippen LogP contribution >= 0.6 is 15.9 Å². The average molecular weight is 306 g/mol. The van der Waals surface area contributed by atoms with Gasteiger partial charge in [-0.15, -0.1) is 0 Å². The first-order chi connectivity index (χ1) is 8.05. The van der Waals surface area contributed by atoms with Crippen LogP contribution in [-0.2, 0) is 5.41 Å². The molecule has 2 nitrogen and oxygen atoms in total. The number of hydrogen-bond acceptors (Lipinski definition) is 2. The molecule has 0 spiro atoms. The van der Waals surface area contributed by atoms with Crippen LogP contribution in [0.3, 0.4) is 0 Å². The molecule has 0 atom stereocenters. The molecule has 0 radical (unpaired) electrons. The molecule has 1 saturated carbocycles. The minimum Gasteiger partial charge on any atom is -0.495 e. The molecule has 5 heteroatoms. The molecule has 0 aliphatic heterocycles. The van der Waals surface area contributed by atoms with Crippen molar-refractivity contribution in [2.24, 2.45) is 5.73 Å². The zero-order valence-electron chi connectivity index (χ0n) is 9.53. The molecule has 0 amide bonds. The lowest BCUT2D eigenvalue weighted by molar-refractivity contribution is 0.234. The van der Waals surface area contributed by atoms with Gasteiger partial charge in [0.05, 0.1) is 11.6 Å². The highest BCUT2D eigenvalue weighted by molar-refractivity contribution is 9.10. The molecule has 1 fully saturated rings. The van der Waals surface area contributed by atoms with Crippen molar-refractivity contribution in [2.75, 3.05) is 13.7 Å². The number of ether oxygens (including phenoxy) is 1.